The second-order valence-corrected chi connectivity index (χ2v) is 7.51. The second-order valence-electron chi connectivity index (χ2n) is 7.11. The molecular weight excluding hydrogens is 415 g/mol. The zero-order valence-corrected chi connectivity index (χ0v) is 18.2. The van der Waals surface area contributed by atoms with E-state index in [0.717, 1.165) is 43.6 Å². The van der Waals surface area contributed by atoms with Gasteiger partial charge in [-0.15, -0.1) is 0 Å². The summed E-state index contributed by atoms with van der Waals surface area (Å²) in [4.78, 5) is 14.5. The van der Waals surface area contributed by atoms with Crippen LogP contribution in [0.3, 0.4) is 0 Å². The number of carbonyl (C=O) groups is 1. The van der Waals surface area contributed by atoms with Gasteiger partial charge in [0.25, 0.3) is 5.91 Å². The standard InChI is InChI=1S/C21H21ClF3NO2.C2H6/c1-14-7-9-26(10-8-14)20(27)16-4-2-3-15(11-16)13-28-19-6-5-17(12-18(19)22)21(23,24)25;1-2/h2-6,11-12,14H,7-10,13H2,1H3;1-2H3. The van der Waals surface area contributed by atoms with Crippen molar-refractivity contribution in [1.29, 1.82) is 0 Å². The van der Waals surface area contributed by atoms with E-state index in [4.69, 9.17) is 16.3 Å². The predicted molar refractivity (Wildman–Crippen MR) is 113 cm³/mol. The third-order valence-corrected chi connectivity index (χ3v) is 5.19. The van der Waals surface area contributed by atoms with E-state index < -0.39 is 11.7 Å². The molecule has 3 nitrogen and oxygen atoms in total. The first-order valence-electron chi connectivity index (χ1n) is 10.1. The van der Waals surface area contributed by atoms with E-state index in [1.807, 2.05) is 18.7 Å². The van der Waals surface area contributed by atoms with Gasteiger partial charge in [-0.05, 0) is 54.7 Å². The molecule has 0 aromatic heterocycles. The molecule has 7 heteroatoms. The van der Waals surface area contributed by atoms with E-state index in [1.54, 1.807) is 24.3 Å². The highest BCUT2D eigenvalue weighted by Gasteiger charge is 2.31. The van der Waals surface area contributed by atoms with E-state index in [0.29, 0.717) is 11.5 Å². The lowest BCUT2D eigenvalue weighted by Crippen LogP contribution is -2.37. The lowest BCUT2D eigenvalue weighted by atomic mass is 9.98. The summed E-state index contributed by atoms with van der Waals surface area (Å²) in [5, 5.41) is -0.107. The molecular formula is C23H27ClF3NO2. The Morgan fingerprint density at radius 3 is 2.40 bits per heavy atom. The van der Waals surface area contributed by atoms with Gasteiger partial charge < -0.3 is 9.64 Å². The Bertz CT molecular complexity index is 847. The third-order valence-electron chi connectivity index (χ3n) is 4.90. The molecule has 2 aromatic carbocycles. The molecule has 0 saturated carbocycles. The lowest BCUT2D eigenvalue weighted by Gasteiger charge is -2.30. The molecule has 0 spiro atoms. The molecule has 0 atom stereocenters. The number of ether oxygens (including phenoxy) is 1. The summed E-state index contributed by atoms with van der Waals surface area (Å²) in [6, 6.07) is 10.1. The fourth-order valence-corrected chi connectivity index (χ4v) is 3.38. The van der Waals surface area contributed by atoms with Crippen molar-refractivity contribution in [3.8, 4) is 5.75 Å². The Morgan fingerprint density at radius 2 is 1.80 bits per heavy atom. The molecule has 1 aliphatic rings. The molecule has 3 rings (SSSR count). The number of hydrogen-bond acceptors (Lipinski definition) is 2. The molecule has 30 heavy (non-hydrogen) atoms. The van der Waals surface area contributed by atoms with Gasteiger partial charge in [0, 0.05) is 18.7 Å². The van der Waals surface area contributed by atoms with Crippen LogP contribution in [0.1, 0.15) is 55.1 Å². The van der Waals surface area contributed by atoms with E-state index >= 15 is 0 Å². The SMILES string of the molecule is CC.CC1CCN(C(=O)c2cccc(COc3ccc(C(F)(F)F)cc3Cl)c2)CC1. The molecule has 0 unspecified atom stereocenters. The van der Waals surface area contributed by atoms with Crippen LogP contribution in [-0.2, 0) is 12.8 Å². The first kappa shape index (κ1) is 24.1. The number of carbonyl (C=O) groups excluding carboxylic acids is 1. The molecule has 0 N–H and O–H groups in total. The summed E-state index contributed by atoms with van der Waals surface area (Å²) in [6.45, 7) is 7.79. The van der Waals surface area contributed by atoms with Crippen LogP contribution >= 0.6 is 11.6 Å². The molecule has 1 heterocycles. The quantitative estimate of drug-likeness (QED) is 0.520. The minimum Gasteiger partial charge on any atom is -0.487 e. The van der Waals surface area contributed by atoms with Crippen molar-refractivity contribution >= 4 is 17.5 Å². The molecule has 1 fully saturated rings. The Hall–Kier alpha value is -2.21. The van der Waals surface area contributed by atoms with Crippen molar-refractivity contribution in [2.24, 2.45) is 5.92 Å². The maximum atomic E-state index is 12.7. The second kappa shape index (κ2) is 10.7. The van der Waals surface area contributed by atoms with Crippen molar-refractivity contribution in [3.05, 3.63) is 64.2 Å². The van der Waals surface area contributed by atoms with Gasteiger partial charge in [-0.3, -0.25) is 4.79 Å². The number of rotatable bonds is 4. The van der Waals surface area contributed by atoms with Crippen LogP contribution in [0.5, 0.6) is 5.75 Å². The molecule has 1 saturated heterocycles. The maximum absolute atomic E-state index is 12.7. The number of amides is 1. The molecule has 0 aliphatic carbocycles. The average Bonchev–Trinajstić information content (AvgIpc) is 2.74. The van der Waals surface area contributed by atoms with Crippen molar-refractivity contribution in [2.45, 2.75) is 46.4 Å². The topological polar surface area (TPSA) is 29.5 Å². The smallest absolute Gasteiger partial charge is 0.416 e. The number of halogens is 4. The van der Waals surface area contributed by atoms with Gasteiger partial charge >= 0.3 is 6.18 Å². The van der Waals surface area contributed by atoms with E-state index in [9.17, 15) is 18.0 Å². The van der Waals surface area contributed by atoms with Crippen LogP contribution in [0.15, 0.2) is 42.5 Å². The molecule has 0 radical (unpaired) electrons. The van der Waals surface area contributed by atoms with Crippen LogP contribution in [-0.4, -0.2) is 23.9 Å². The summed E-state index contributed by atoms with van der Waals surface area (Å²) in [7, 11) is 0. The van der Waals surface area contributed by atoms with Crippen molar-refractivity contribution in [1.82, 2.24) is 4.90 Å². The highest BCUT2D eigenvalue weighted by molar-refractivity contribution is 6.32. The highest BCUT2D eigenvalue weighted by atomic mass is 35.5. The number of benzene rings is 2. The van der Waals surface area contributed by atoms with E-state index in [2.05, 4.69) is 6.92 Å². The number of hydrogen-bond donors (Lipinski definition) is 0. The minimum absolute atomic E-state index is 0.0127. The van der Waals surface area contributed by atoms with Gasteiger partial charge in [-0.2, -0.15) is 13.2 Å². The van der Waals surface area contributed by atoms with Crippen molar-refractivity contribution < 1.29 is 22.7 Å². The monoisotopic (exact) mass is 441 g/mol. The Balaban J connectivity index is 0.00000155. The number of piperidine rings is 1. The number of nitrogens with zero attached hydrogens (tertiary/aromatic N) is 1. The van der Waals surface area contributed by atoms with Gasteiger partial charge in [-0.25, -0.2) is 0 Å². The Labute approximate surface area is 180 Å². The van der Waals surface area contributed by atoms with Gasteiger partial charge in [0.1, 0.15) is 12.4 Å². The fourth-order valence-electron chi connectivity index (χ4n) is 3.14. The molecule has 1 aliphatic heterocycles. The van der Waals surface area contributed by atoms with Crippen LogP contribution in [0, 0.1) is 5.92 Å². The van der Waals surface area contributed by atoms with Gasteiger partial charge in [0.15, 0.2) is 0 Å². The Morgan fingerprint density at radius 1 is 1.13 bits per heavy atom. The largest absolute Gasteiger partial charge is 0.487 e. The van der Waals surface area contributed by atoms with Gasteiger partial charge in [-0.1, -0.05) is 44.5 Å². The molecule has 0 bridgehead atoms. The summed E-state index contributed by atoms with van der Waals surface area (Å²) < 4.78 is 43.7. The summed E-state index contributed by atoms with van der Waals surface area (Å²) in [5.41, 5.74) is 0.495. The zero-order valence-electron chi connectivity index (χ0n) is 17.4. The van der Waals surface area contributed by atoms with Crippen molar-refractivity contribution in [2.75, 3.05) is 13.1 Å². The summed E-state index contributed by atoms with van der Waals surface area (Å²) >= 11 is 5.91. The average molecular weight is 442 g/mol. The van der Waals surface area contributed by atoms with Gasteiger partial charge in [0.2, 0.25) is 0 Å². The number of alkyl halides is 3. The minimum atomic E-state index is -4.46. The summed E-state index contributed by atoms with van der Waals surface area (Å²) in [5.74, 6) is 0.787. The highest BCUT2D eigenvalue weighted by Crippen LogP contribution is 2.35. The fraction of sp³-hybridized carbons (Fsp3) is 0.435. The van der Waals surface area contributed by atoms with E-state index in [1.165, 1.54) is 6.07 Å². The van der Waals surface area contributed by atoms with E-state index in [-0.39, 0.29) is 23.3 Å². The molecule has 2 aromatic rings. The van der Waals surface area contributed by atoms with Crippen LogP contribution in [0.2, 0.25) is 5.02 Å². The van der Waals surface area contributed by atoms with Crippen LogP contribution in [0.25, 0.3) is 0 Å². The maximum Gasteiger partial charge on any atom is 0.416 e. The van der Waals surface area contributed by atoms with Gasteiger partial charge in [0.05, 0.1) is 10.6 Å². The first-order valence-corrected chi connectivity index (χ1v) is 10.5. The third kappa shape index (κ3) is 6.39. The van der Waals surface area contributed by atoms with Crippen LogP contribution in [0.4, 0.5) is 13.2 Å². The summed E-state index contributed by atoms with van der Waals surface area (Å²) in [6.07, 6.45) is -2.45. The Kier molecular flexibility index (Phi) is 8.59. The van der Waals surface area contributed by atoms with Crippen LogP contribution < -0.4 is 4.74 Å². The van der Waals surface area contributed by atoms with Crippen molar-refractivity contribution in [3.63, 3.8) is 0 Å². The first-order chi connectivity index (χ1) is 14.2. The predicted octanol–water partition coefficient (Wildman–Crippen LogP) is 6.84. The normalized spacial score (nSPS) is 14.7. The molecule has 164 valence electrons. The molecule has 1 amide bonds. The zero-order chi connectivity index (χ0) is 22.3. The lowest BCUT2D eigenvalue weighted by molar-refractivity contribution is -0.137. The number of likely N-dealkylation sites (tertiary alicyclic amines) is 1.